The van der Waals surface area contributed by atoms with E-state index in [1.54, 1.807) is 12.5 Å². The van der Waals surface area contributed by atoms with Gasteiger partial charge in [-0.15, -0.1) is 0 Å². The zero-order chi connectivity index (χ0) is 17.2. The Hall–Kier alpha value is -1.20. The number of nitrogens with one attached hydrogen (secondary N) is 2. The Morgan fingerprint density at radius 1 is 0.652 bits per heavy atom. The van der Waals surface area contributed by atoms with Crippen LogP contribution in [0.1, 0.15) is 38.5 Å². The molecule has 0 atom stereocenters. The summed E-state index contributed by atoms with van der Waals surface area (Å²) in [6, 6.07) is 0. The first kappa shape index (κ1) is 21.8. The van der Waals surface area contributed by atoms with Crippen LogP contribution in [0.25, 0.3) is 0 Å². The lowest BCUT2D eigenvalue weighted by Gasteiger charge is -2.08. The normalized spacial score (nSPS) is 11.9. The summed E-state index contributed by atoms with van der Waals surface area (Å²) in [5.41, 5.74) is 0. The Labute approximate surface area is 143 Å². The Bertz CT molecular complexity index is 263. The van der Waals surface area contributed by atoms with Crippen LogP contribution < -0.4 is 10.6 Å². The van der Waals surface area contributed by atoms with Crippen molar-refractivity contribution < 1.29 is 4.74 Å². The highest BCUT2D eigenvalue weighted by atomic mass is 16.5. The molecule has 23 heavy (non-hydrogen) atoms. The van der Waals surface area contributed by atoms with Crippen molar-refractivity contribution in [1.29, 1.82) is 0 Å². The van der Waals surface area contributed by atoms with Crippen molar-refractivity contribution in [2.75, 3.05) is 54.4 Å². The summed E-state index contributed by atoms with van der Waals surface area (Å²) in [6.07, 6.45) is 14.5. The summed E-state index contributed by atoms with van der Waals surface area (Å²) in [4.78, 5) is 4.46. The quantitative estimate of drug-likeness (QED) is 0.337. The number of ether oxygens (including phenoxy) is 1. The van der Waals surface area contributed by atoms with Crippen molar-refractivity contribution in [3.8, 4) is 0 Å². The maximum atomic E-state index is 5.25. The average molecular weight is 327 g/mol. The van der Waals surface area contributed by atoms with Gasteiger partial charge in [-0.2, -0.15) is 0 Å². The van der Waals surface area contributed by atoms with Gasteiger partial charge in [0.15, 0.2) is 0 Å². The number of hydrogen-bond donors (Lipinski definition) is 2. The zero-order valence-electron chi connectivity index (χ0n) is 15.7. The van der Waals surface area contributed by atoms with E-state index in [2.05, 4.69) is 48.6 Å². The fourth-order valence-electron chi connectivity index (χ4n) is 2.05. The maximum absolute atomic E-state index is 5.25. The molecule has 0 saturated carbocycles. The molecule has 0 aliphatic carbocycles. The van der Waals surface area contributed by atoms with Crippen LogP contribution in [0.2, 0.25) is 0 Å². The minimum Gasteiger partial charge on any atom is -0.470 e. The second kappa shape index (κ2) is 17.2. The number of unbranched alkanes of at least 4 members (excludes halogenated alkanes) is 4. The van der Waals surface area contributed by atoms with Crippen LogP contribution in [-0.2, 0) is 4.74 Å². The van der Waals surface area contributed by atoms with E-state index in [9.17, 15) is 0 Å². The lowest BCUT2D eigenvalue weighted by molar-refractivity contribution is 0.388. The van der Waals surface area contributed by atoms with Crippen LogP contribution in [0, 0.1) is 0 Å². The first-order valence-corrected chi connectivity index (χ1v) is 8.84. The minimum atomic E-state index is 1.00. The molecule has 0 aromatic heterocycles. The van der Waals surface area contributed by atoms with Crippen molar-refractivity contribution in [2.24, 2.45) is 0 Å². The van der Waals surface area contributed by atoms with Crippen LogP contribution in [-0.4, -0.2) is 64.2 Å². The molecule has 0 radical (unpaired) electrons. The van der Waals surface area contributed by atoms with Gasteiger partial charge in [-0.3, -0.25) is 0 Å². The predicted molar refractivity (Wildman–Crippen MR) is 100 cm³/mol. The molecular weight excluding hydrogens is 288 g/mol. The molecule has 0 bridgehead atoms. The number of hydrogen-bond acceptors (Lipinski definition) is 5. The molecule has 0 heterocycles. The highest BCUT2D eigenvalue weighted by molar-refractivity contribution is 4.77. The molecule has 0 spiro atoms. The van der Waals surface area contributed by atoms with E-state index in [4.69, 9.17) is 4.74 Å². The summed E-state index contributed by atoms with van der Waals surface area (Å²) < 4.78 is 5.25. The van der Waals surface area contributed by atoms with Gasteiger partial charge in [0, 0.05) is 25.5 Å². The van der Waals surface area contributed by atoms with Crippen molar-refractivity contribution in [3.05, 3.63) is 24.9 Å². The molecule has 0 saturated heterocycles. The third-order valence-electron chi connectivity index (χ3n) is 3.38. The van der Waals surface area contributed by atoms with Crippen molar-refractivity contribution >= 4 is 0 Å². The van der Waals surface area contributed by atoms with Crippen molar-refractivity contribution in [3.63, 3.8) is 0 Å². The molecule has 0 amide bonds. The summed E-state index contributed by atoms with van der Waals surface area (Å²) in [7, 11) is 8.47. The molecule has 136 valence electrons. The SMILES string of the molecule is CN(C)CCCCCNC=COC=CNCCCCCN(C)C. The Balaban J connectivity index is 3.20. The van der Waals surface area contributed by atoms with E-state index in [1.165, 1.54) is 51.6 Å². The molecule has 0 aromatic carbocycles. The average Bonchev–Trinajstić information content (AvgIpc) is 2.49. The number of rotatable bonds is 16. The lowest BCUT2D eigenvalue weighted by Crippen LogP contribution is -2.13. The van der Waals surface area contributed by atoms with E-state index in [0.29, 0.717) is 0 Å². The third kappa shape index (κ3) is 20.8. The van der Waals surface area contributed by atoms with Crippen molar-refractivity contribution in [2.45, 2.75) is 38.5 Å². The molecule has 0 rings (SSSR count). The van der Waals surface area contributed by atoms with E-state index in [1.807, 2.05) is 12.4 Å². The summed E-state index contributed by atoms with van der Waals surface area (Å²) in [5, 5.41) is 6.46. The molecule has 0 unspecified atom stereocenters. The van der Waals surface area contributed by atoms with E-state index >= 15 is 0 Å². The van der Waals surface area contributed by atoms with Gasteiger partial charge in [0.25, 0.3) is 0 Å². The summed E-state index contributed by atoms with van der Waals surface area (Å²) in [5.74, 6) is 0. The van der Waals surface area contributed by atoms with Crippen LogP contribution in [0.5, 0.6) is 0 Å². The van der Waals surface area contributed by atoms with Gasteiger partial charge >= 0.3 is 0 Å². The maximum Gasteiger partial charge on any atom is 0.106 e. The fourth-order valence-corrected chi connectivity index (χ4v) is 2.05. The fraction of sp³-hybridized carbons (Fsp3) is 0.778. The summed E-state index contributed by atoms with van der Waals surface area (Å²) in [6.45, 7) is 4.35. The van der Waals surface area contributed by atoms with Gasteiger partial charge in [0.05, 0.1) is 0 Å². The van der Waals surface area contributed by atoms with Gasteiger partial charge < -0.3 is 25.2 Å². The van der Waals surface area contributed by atoms with E-state index in [-0.39, 0.29) is 0 Å². The Morgan fingerprint density at radius 2 is 1.09 bits per heavy atom. The van der Waals surface area contributed by atoms with Crippen LogP contribution in [0.15, 0.2) is 24.9 Å². The first-order chi connectivity index (χ1) is 11.1. The molecule has 0 aromatic rings. The molecule has 5 nitrogen and oxygen atoms in total. The highest BCUT2D eigenvalue weighted by Gasteiger charge is 1.91. The van der Waals surface area contributed by atoms with Gasteiger partial charge in [-0.05, 0) is 67.0 Å². The van der Waals surface area contributed by atoms with Crippen molar-refractivity contribution in [1.82, 2.24) is 20.4 Å². The molecule has 2 N–H and O–H groups in total. The zero-order valence-corrected chi connectivity index (χ0v) is 15.7. The standard InChI is InChI=1S/C18H38N4O/c1-21(2)15-9-5-7-11-19-13-17-23-18-14-20-12-8-6-10-16-22(3)4/h13-14,17-20H,5-12,15-16H2,1-4H3. The van der Waals surface area contributed by atoms with Crippen LogP contribution in [0.4, 0.5) is 0 Å². The lowest BCUT2D eigenvalue weighted by atomic mass is 10.2. The third-order valence-corrected chi connectivity index (χ3v) is 3.38. The van der Waals surface area contributed by atoms with Crippen LogP contribution in [0.3, 0.4) is 0 Å². The molecule has 0 aliphatic heterocycles. The van der Waals surface area contributed by atoms with Gasteiger partial charge in [-0.25, -0.2) is 0 Å². The topological polar surface area (TPSA) is 39.8 Å². The molecule has 0 fully saturated rings. The second-order valence-electron chi connectivity index (χ2n) is 6.38. The Kier molecular flexibility index (Phi) is 16.3. The van der Waals surface area contributed by atoms with Crippen LogP contribution >= 0.6 is 0 Å². The van der Waals surface area contributed by atoms with Gasteiger partial charge in [0.1, 0.15) is 12.5 Å². The monoisotopic (exact) mass is 326 g/mol. The van der Waals surface area contributed by atoms with E-state index in [0.717, 1.165) is 13.1 Å². The number of nitrogens with zero attached hydrogens (tertiary/aromatic N) is 2. The largest absolute Gasteiger partial charge is 0.470 e. The summed E-state index contributed by atoms with van der Waals surface area (Å²) >= 11 is 0. The van der Waals surface area contributed by atoms with Gasteiger partial charge in [-0.1, -0.05) is 12.8 Å². The second-order valence-corrected chi connectivity index (χ2v) is 6.38. The highest BCUT2D eigenvalue weighted by Crippen LogP contribution is 1.95. The van der Waals surface area contributed by atoms with E-state index < -0.39 is 0 Å². The molecule has 5 heteroatoms. The smallest absolute Gasteiger partial charge is 0.106 e. The van der Waals surface area contributed by atoms with Gasteiger partial charge in [0.2, 0.25) is 0 Å². The first-order valence-electron chi connectivity index (χ1n) is 8.84. The predicted octanol–water partition coefficient (Wildman–Crippen LogP) is 2.59. The molecular formula is C18H38N4O. The Morgan fingerprint density at radius 3 is 1.48 bits per heavy atom. The molecule has 0 aliphatic rings. The minimum absolute atomic E-state index is 1.00.